The molecule has 0 spiro atoms. The van der Waals surface area contributed by atoms with Gasteiger partial charge in [0.15, 0.2) is 0 Å². The van der Waals surface area contributed by atoms with Crippen molar-refractivity contribution in [2.75, 3.05) is 0 Å². The van der Waals surface area contributed by atoms with Gasteiger partial charge in [-0.1, -0.05) is 47.7 Å². The van der Waals surface area contributed by atoms with Crippen LogP contribution in [0.1, 0.15) is 27.2 Å². The molecule has 0 unspecified atom stereocenters. The first-order valence-corrected chi connectivity index (χ1v) is 9.58. The molecule has 0 saturated heterocycles. The van der Waals surface area contributed by atoms with Gasteiger partial charge in [-0.25, -0.2) is 4.98 Å². The minimum atomic E-state index is -0.136. The fraction of sp³-hybridized carbons (Fsp3) is 0.167. The van der Waals surface area contributed by atoms with Crippen molar-refractivity contribution in [3.8, 4) is 0 Å². The lowest BCUT2D eigenvalue weighted by atomic mass is 10.1. The van der Waals surface area contributed by atoms with E-state index in [1.54, 1.807) is 11.3 Å². The van der Waals surface area contributed by atoms with Gasteiger partial charge in [-0.3, -0.25) is 10.1 Å². The molecule has 4 aromatic rings. The zero-order chi connectivity index (χ0) is 17.2. The van der Waals surface area contributed by atoms with Crippen LogP contribution in [0.5, 0.6) is 0 Å². The number of aromatic nitrogens is 3. The van der Waals surface area contributed by atoms with Gasteiger partial charge in [0.25, 0.3) is 5.56 Å². The smallest absolute Gasteiger partial charge is 0.275 e. The molecule has 0 bridgehead atoms. The van der Waals surface area contributed by atoms with Gasteiger partial charge in [0, 0.05) is 16.6 Å². The van der Waals surface area contributed by atoms with Gasteiger partial charge in [0.1, 0.15) is 5.01 Å². The first-order valence-electron chi connectivity index (χ1n) is 7.89. The average molecular weight is 368 g/mol. The summed E-state index contributed by atoms with van der Waals surface area (Å²) in [6.45, 7) is 2.39. The normalized spacial score (nSPS) is 12.5. The number of thiophene rings is 1. The van der Waals surface area contributed by atoms with Crippen molar-refractivity contribution >= 4 is 27.6 Å². The summed E-state index contributed by atoms with van der Waals surface area (Å²) in [5.74, 6) is 0. The maximum atomic E-state index is 12.0. The molecule has 1 N–H and O–H groups in total. The summed E-state index contributed by atoms with van der Waals surface area (Å²) in [6.07, 6.45) is 0. The van der Waals surface area contributed by atoms with Crippen LogP contribution in [0.3, 0.4) is 0 Å². The highest BCUT2D eigenvalue weighted by Gasteiger charge is 2.16. The predicted molar refractivity (Wildman–Crippen MR) is 101 cm³/mol. The van der Waals surface area contributed by atoms with Crippen LogP contribution < -0.4 is 10.9 Å². The van der Waals surface area contributed by atoms with E-state index in [-0.39, 0.29) is 11.6 Å². The number of hydrogen-bond acceptors (Lipinski definition) is 6. The number of rotatable bonds is 5. The van der Waals surface area contributed by atoms with Gasteiger partial charge in [-0.05, 0) is 23.9 Å². The number of benzene rings is 1. The topological polar surface area (TPSA) is 59.3 Å². The molecular weight excluding hydrogens is 352 g/mol. The molecule has 25 heavy (non-hydrogen) atoms. The molecule has 0 saturated carbocycles. The van der Waals surface area contributed by atoms with E-state index in [9.17, 15) is 4.79 Å². The number of fused-ring (bicyclic) bond motifs is 1. The van der Waals surface area contributed by atoms with Crippen LogP contribution in [0.15, 0.2) is 58.7 Å². The fourth-order valence-corrected chi connectivity index (χ4v) is 4.43. The van der Waals surface area contributed by atoms with Crippen LogP contribution >= 0.6 is 22.7 Å². The summed E-state index contributed by atoms with van der Waals surface area (Å²) < 4.78 is 1.37. The molecule has 0 amide bonds. The van der Waals surface area contributed by atoms with Gasteiger partial charge in [0.2, 0.25) is 4.96 Å². The highest BCUT2D eigenvalue weighted by atomic mass is 32.1. The molecule has 4 rings (SSSR count). The molecular formula is C18H16N4OS2. The second-order valence-electron chi connectivity index (χ2n) is 5.67. The van der Waals surface area contributed by atoms with Gasteiger partial charge < -0.3 is 0 Å². The van der Waals surface area contributed by atoms with E-state index in [2.05, 4.69) is 45.0 Å². The third-order valence-corrected chi connectivity index (χ3v) is 5.68. The lowest BCUT2D eigenvalue weighted by Gasteiger charge is -2.17. The lowest BCUT2D eigenvalue weighted by Crippen LogP contribution is -2.21. The molecule has 0 fully saturated rings. The average Bonchev–Trinajstić information content (AvgIpc) is 3.26. The largest absolute Gasteiger partial charge is 0.299 e. The summed E-state index contributed by atoms with van der Waals surface area (Å²) in [7, 11) is 0. The molecule has 3 heterocycles. The second kappa shape index (κ2) is 6.87. The van der Waals surface area contributed by atoms with E-state index in [0.29, 0.717) is 17.2 Å². The van der Waals surface area contributed by atoms with Crippen molar-refractivity contribution in [2.45, 2.75) is 19.5 Å². The van der Waals surface area contributed by atoms with Crippen molar-refractivity contribution in [2.24, 2.45) is 0 Å². The van der Waals surface area contributed by atoms with E-state index in [1.165, 1.54) is 32.4 Å². The number of aryl methyl sites for hydroxylation is 1. The zero-order valence-electron chi connectivity index (χ0n) is 13.5. The number of hydrogen-bond donors (Lipinski definition) is 1. The third-order valence-electron chi connectivity index (χ3n) is 3.83. The Bertz CT molecular complexity index is 1040. The van der Waals surface area contributed by atoms with Crippen molar-refractivity contribution in [3.63, 3.8) is 0 Å². The number of nitrogens with zero attached hydrogens (tertiary/aromatic N) is 3. The highest BCUT2D eigenvalue weighted by Crippen LogP contribution is 2.26. The highest BCUT2D eigenvalue weighted by molar-refractivity contribution is 7.16. The Morgan fingerprint density at radius 3 is 2.80 bits per heavy atom. The minimum absolute atomic E-state index is 0.0969. The van der Waals surface area contributed by atoms with E-state index >= 15 is 0 Å². The van der Waals surface area contributed by atoms with E-state index in [0.717, 1.165) is 5.01 Å². The molecule has 5 nitrogen and oxygen atoms in total. The Morgan fingerprint density at radius 2 is 2.04 bits per heavy atom. The number of nitrogens with one attached hydrogen (secondary N) is 1. The van der Waals surface area contributed by atoms with Gasteiger partial charge in [-0.15, -0.1) is 11.3 Å². The Hall–Kier alpha value is -2.35. The Labute approximate surface area is 152 Å². The van der Waals surface area contributed by atoms with Crippen molar-refractivity contribution in [1.29, 1.82) is 0 Å². The first-order chi connectivity index (χ1) is 12.2. The van der Waals surface area contributed by atoms with Crippen LogP contribution in [-0.2, 0) is 6.54 Å². The summed E-state index contributed by atoms with van der Waals surface area (Å²) in [5, 5.41) is 10.9. The van der Waals surface area contributed by atoms with Gasteiger partial charge >= 0.3 is 0 Å². The van der Waals surface area contributed by atoms with Gasteiger partial charge in [0.05, 0.1) is 12.6 Å². The SMILES string of the molecule is Cc1cc(=O)n2nc(CN[C@@H](c3ccccc3)c3cccs3)sc2n1. The molecule has 1 aromatic carbocycles. The zero-order valence-corrected chi connectivity index (χ0v) is 15.2. The van der Waals surface area contributed by atoms with Crippen LogP contribution in [0, 0.1) is 6.92 Å². The van der Waals surface area contributed by atoms with Gasteiger partial charge in [-0.2, -0.15) is 9.61 Å². The molecule has 3 aromatic heterocycles. The lowest BCUT2D eigenvalue weighted by molar-refractivity contribution is 0.605. The Kier molecular flexibility index (Phi) is 4.44. The molecule has 0 aliphatic rings. The van der Waals surface area contributed by atoms with Crippen molar-refractivity contribution < 1.29 is 0 Å². The van der Waals surface area contributed by atoms with Crippen LogP contribution in [0.4, 0.5) is 0 Å². The van der Waals surface area contributed by atoms with Crippen molar-refractivity contribution in [1.82, 2.24) is 19.9 Å². The molecule has 1 atom stereocenters. The molecule has 126 valence electrons. The summed E-state index contributed by atoms with van der Waals surface area (Å²) in [5.41, 5.74) is 1.79. The summed E-state index contributed by atoms with van der Waals surface area (Å²) in [4.78, 5) is 18.3. The Balaban J connectivity index is 1.62. The molecule has 0 radical (unpaired) electrons. The van der Waals surface area contributed by atoms with Crippen LogP contribution in [-0.4, -0.2) is 14.6 Å². The Morgan fingerprint density at radius 1 is 1.20 bits per heavy atom. The van der Waals surface area contributed by atoms with E-state index < -0.39 is 0 Å². The minimum Gasteiger partial charge on any atom is -0.299 e. The predicted octanol–water partition coefficient (Wildman–Crippen LogP) is 3.40. The van der Waals surface area contributed by atoms with Crippen LogP contribution in [0.2, 0.25) is 0 Å². The molecule has 0 aliphatic heterocycles. The monoisotopic (exact) mass is 368 g/mol. The van der Waals surface area contributed by atoms with E-state index in [4.69, 9.17) is 0 Å². The molecule has 7 heteroatoms. The second-order valence-corrected chi connectivity index (χ2v) is 7.69. The van der Waals surface area contributed by atoms with Crippen molar-refractivity contribution in [3.05, 3.63) is 85.4 Å². The quantitative estimate of drug-likeness (QED) is 0.586. The summed E-state index contributed by atoms with van der Waals surface area (Å²) in [6, 6.07) is 16.1. The third kappa shape index (κ3) is 3.39. The summed E-state index contributed by atoms with van der Waals surface area (Å²) >= 11 is 3.17. The van der Waals surface area contributed by atoms with Crippen LogP contribution in [0.25, 0.3) is 4.96 Å². The fourth-order valence-electron chi connectivity index (χ4n) is 2.70. The maximum Gasteiger partial charge on any atom is 0.275 e. The van der Waals surface area contributed by atoms with E-state index in [1.807, 2.05) is 25.1 Å². The molecule has 0 aliphatic carbocycles. The maximum absolute atomic E-state index is 12.0. The standard InChI is InChI=1S/C18H16N4OS2/c1-12-10-16(23)22-18(20-12)25-15(21-22)11-19-17(14-8-5-9-24-14)13-6-3-2-4-7-13/h2-10,17,19H,11H2,1H3/t17-/m0/s1. The first kappa shape index (κ1) is 16.1.